The fourth-order valence-electron chi connectivity index (χ4n) is 4.85. The number of nitrogens with zero attached hydrogens (tertiary/aromatic N) is 2. The Labute approximate surface area is 248 Å². The van der Waals surface area contributed by atoms with Crippen molar-refractivity contribution in [1.82, 2.24) is 0 Å². The topological polar surface area (TPSA) is 84.9 Å². The molecule has 0 saturated heterocycles. The maximum atomic E-state index is 11.5. The average Bonchev–Trinajstić information content (AvgIpc) is 3.58. The van der Waals surface area contributed by atoms with Gasteiger partial charge in [-0.25, -0.2) is 4.79 Å². The lowest BCUT2D eigenvalue weighted by atomic mass is 9.85. The van der Waals surface area contributed by atoms with Crippen LogP contribution in [0.5, 0.6) is 0 Å². The van der Waals surface area contributed by atoms with E-state index in [-0.39, 0.29) is 11.1 Å². The van der Waals surface area contributed by atoms with E-state index in [9.17, 15) is 20.4 Å². The minimum absolute atomic E-state index is 0.0365. The van der Waals surface area contributed by atoms with E-state index >= 15 is 0 Å². The van der Waals surface area contributed by atoms with Gasteiger partial charge >= 0.3 is 5.97 Å². The van der Waals surface area contributed by atoms with Crippen molar-refractivity contribution in [1.29, 1.82) is 10.5 Å². The van der Waals surface area contributed by atoms with Crippen LogP contribution in [0.2, 0.25) is 0 Å². The Bertz CT molecular complexity index is 1870. The smallest absolute Gasteiger partial charge is 0.335 e. The molecule has 0 aliphatic carbocycles. The Kier molecular flexibility index (Phi) is 8.35. The van der Waals surface area contributed by atoms with E-state index in [1.165, 1.54) is 11.3 Å². The first kappa shape index (κ1) is 27.8. The van der Waals surface area contributed by atoms with Gasteiger partial charge in [0.25, 0.3) is 0 Å². The van der Waals surface area contributed by atoms with E-state index in [1.807, 2.05) is 90.3 Å². The van der Waals surface area contributed by atoms with Crippen molar-refractivity contribution in [2.75, 3.05) is 0 Å². The molecule has 42 heavy (non-hydrogen) atoms. The second kappa shape index (κ2) is 12.6. The van der Waals surface area contributed by atoms with Crippen LogP contribution >= 0.6 is 11.3 Å². The molecule has 5 rings (SSSR count). The summed E-state index contributed by atoms with van der Waals surface area (Å²) in [6, 6.07) is 43.4. The third kappa shape index (κ3) is 5.74. The number of rotatable bonds is 8. The number of carboxylic acid groups (broad SMARTS) is 1. The van der Waals surface area contributed by atoms with Crippen LogP contribution in [-0.4, -0.2) is 11.1 Å². The summed E-state index contributed by atoms with van der Waals surface area (Å²) in [6.45, 7) is 3.70. The zero-order chi connectivity index (χ0) is 29.5. The van der Waals surface area contributed by atoms with Gasteiger partial charge in [-0.05, 0) is 56.0 Å². The molecule has 4 aromatic carbocycles. The minimum Gasteiger partial charge on any atom is -0.478 e. The van der Waals surface area contributed by atoms with Gasteiger partial charge in [0.05, 0.1) is 5.57 Å². The predicted octanol–water partition coefficient (Wildman–Crippen LogP) is 8.70. The molecule has 0 unspecified atom stereocenters. The van der Waals surface area contributed by atoms with Crippen LogP contribution in [0.15, 0.2) is 139 Å². The van der Waals surface area contributed by atoms with Crippen molar-refractivity contribution in [2.24, 2.45) is 0 Å². The molecule has 0 radical (unpaired) electrons. The Hall–Kier alpha value is -5.75. The summed E-state index contributed by atoms with van der Waals surface area (Å²) >= 11 is 1.48. The van der Waals surface area contributed by atoms with Crippen LogP contribution in [-0.2, 0) is 4.79 Å². The number of nitriles is 2. The van der Waals surface area contributed by atoms with E-state index in [4.69, 9.17) is 0 Å². The van der Waals surface area contributed by atoms with E-state index in [0.717, 1.165) is 43.8 Å². The molecule has 200 valence electrons. The maximum Gasteiger partial charge on any atom is 0.335 e. The molecule has 4 nitrogen and oxygen atoms in total. The van der Waals surface area contributed by atoms with Gasteiger partial charge < -0.3 is 5.11 Å². The number of aliphatic carboxylic acids is 1. The Morgan fingerprint density at radius 3 is 1.36 bits per heavy atom. The van der Waals surface area contributed by atoms with Crippen LogP contribution in [0, 0.1) is 22.7 Å². The first-order chi connectivity index (χ1) is 20.5. The van der Waals surface area contributed by atoms with Gasteiger partial charge in [0.15, 0.2) is 0 Å². The molecule has 1 heterocycles. The fourth-order valence-corrected chi connectivity index (χ4v) is 5.65. The van der Waals surface area contributed by atoms with Crippen LogP contribution in [0.3, 0.4) is 0 Å². The number of benzene rings is 4. The highest BCUT2D eigenvalue weighted by atomic mass is 32.1. The highest BCUT2D eigenvalue weighted by Crippen LogP contribution is 2.38. The minimum atomic E-state index is -1.06. The normalized spacial score (nSPS) is 11.0. The van der Waals surface area contributed by atoms with Crippen molar-refractivity contribution in [2.45, 2.75) is 0 Å². The fraction of sp³-hybridized carbons (Fsp3) is 0. The van der Waals surface area contributed by atoms with Crippen LogP contribution in [0.1, 0.15) is 38.3 Å². The molecule has 0 bridgehead atoms. The zero-order valence-electron chi connectivity index (χ0n) is 22.5. The zero-order valence-corrected chi connectivity index (χ0v) is 23.3. The summed E-state index contributed by atoms with van der Waals surface area (Å²) in [5.41, 5.74) is 7.88. The summed E-state index contributed by atoms with van der Waals surface area (Å²) in [4.78, 5) is 12.4. The maximum absolute atomic E-state index is 11.5. The molecule has 1 aromatic heterocycles. The monoisotopic (exact) mass is 560 g/mol. The van der Waals surface area contributed by atoms with Gasteiger partial charge in [0.1, 0.15) is 17.7 Å². The lowest BCUT2D eigenvalue weighted by molar-refractivity contribution is -0.130. The van der Waals surface area contributed by atoms with E-state index in [1.54, 1.807) is 12.1 Å². The lowest BCUT2D eigenvalue weighted by Crippen LogP contribution is -2.00. The molecule has 0 atom stereocenters. The van der Waals surface area contributed by atoms with Gasteiger partial charge in [-0.15, -0.1) is 11.3 Å². The molecule has 0 fully saturated rings. The van der Waals surface area contributed by atoms with E-state index < -0.39 is 5.97 Å². The Balaban J connectivity index is 1.75. The Morgan fingerprint density at radius 2 is 0.976 bits per heavy atom. The predicted molar refractivity (Wildman–Crippen MR) is 169 cm³/mol. The average molecular weight is 561 g/mol. The second-order valence-corrected chi connectivity index (χ2v) is 10.3. The molecule has 0 spiro atoms. The van der Waals surface area contributed by atoms with Crippen molar-refractivity contribution >= 4 is 39.6 Å². The van der Waals surface area contributed by atoms with Crippen molar-refractivity contribution in [3.05, 3.63) is 177 Å². The van der Waals surface area contributed by atoms with Gasteiger partial charge in [-0.2, -0.15) is 10.5 Å². The number of thiophene rings is 1. The number of allylic oxidation sites excluding steroid dienone is 1. The second-order valence-electron chi connectivity index (χ2n) is 9.37. The van der Waals surface area contributed by atoms with Crippen LogP contribution in [0.25, 0.3) is 22.3 Å². The SMILES string of the molecule is C=C(C(=O)O)c1ccc(C(=C(c2ccccc2)c2ccc(C(=C(C#N)C#N)c3cccs3)cc2)c2ccccc2)cc1. The van der Waals surface area contributed by atoms with E-state index in [0.29, 0.717) is 11.1 Å². The number of carboxylic acids is 1. The summed E-state index contributed by atoms with van der Waals surface area (Å²) in [5, 5.41) is 30.7. The largest absolute Gasteiger partial charge is 0.478 e. The quantitative estimate of drug-likeness (QED) is 0.117. The van der Waals surface area contributed by atoms with Crippen LogP contribution < -0.4 is 0 Å². The number of hydrogen-bond acceptors (Lipinski definition) is 4. The molecular weight excluding hydrogens is 536 g/mol. The highest BCUT2D eigenvalue weighted by molar-refractivity contribution is 7.11. The molecular formula is C37H24N2O2S. The Morgan fingerprint density at radius 1 is 0.571 bits per heavy atom. The third-order valence-corrected chi connectivity index (χ3v) is 7.75. The first-order valence-corrected chi connectivity index (χ1v) is 14.0. The van der Waals surface area contributed by atoms with E-state index in [2.05, 4.69) is 43.0 Å². The van der Waals surface area contributed by atoms with Crippen LogP contribution in [0.4, 0.5) is 0 Å². The molecule has 0 aliphatic heterocycles. The van der Waals surface area contributed by atoms with Crippen molar-refractivity contribution < 1.29 is 9.90 Å². The van der Waals surface area contributed by atoms with Crippen molar-refractivity contribution in [3.8, 4) is 12.1 Å². The van der Waals surface area contributed by atoms with Gasteiger partial charge in [-0.1, -0.05) is 122 Å². The van der Waals surface area contributed by atoms with Crippen molar-refractivity contribution in [3.63, 3.8) is 0 Å². The van der Waals surface area contributed by atoms with Gasteiger partial charge in [0, 0.05) is 10.5 Å². The molecule has 0 aliphatic rings. The van der Waals surface area contributed by atoms with Gasteiger partial charge in [0.2, 0.25) is 0 Å². The highest BCUT2D eigenvalue weighted by Gasteiger charge is 2.18. The summed E-state index contributed by atoms with van der Waals surface area (Å²) < 4.78 is 0. The lowest BCUT2D eigenvalue weighted by Gasteiger charge is -2.19. The summed E-state index contributed by atoms with van der Waals surface area (Å²) in [6.07, 6.45) is 0. The third-order valence-electron chi connectivity index (χ3n) is 6.86. The summed E-state index contributed by atoms with van der Waals surface area (Å²) in [5.74, 6) is -1.06. The molecule has 0 amide bonds. The summed E-state index contributed by atoms with van der Waals surface area (Å²) in [7, 11) is 0. The molecule has 5 heteroatoms. The molecule has 0 saturated carbocycles. The standard InChI is InChI=1S/C37H24N2O2S/c1-25(37(40)41)26-14-16-30(17-15-26)35(27-9-4-2-5-10-27)36(28-11-6-3-7-12-28)31-20-18-29(19-21-31)34(32(23-38)24-39)33-13-8-22-42-33/h2-22H,1H2,(H,40,41). The molecule has 5 aromatic rings. The number of carbonyl (C=O) groups is 1. The van der Waals surface area contributed by atoms with Gasteiger partial charge in [-0.3, -0.25) is 0 Å². The number of hydrogen-bond donors (Lipinski definition) is 1. The first-order valence-electron chi connectivity index (χ1n) is 13.1. The molecule has 1 N–H and O–H groups in total.